The van der Waals surface area contributed by atoms with E-state index in [0.29, 0.717) is 0 Å². The lowest BCUT2D eigenvalue weighted by atomic mass is 10.2. The maximum atomic E-state index is 10.3. The van der Waals surface area contributed by atoms with Crippen LogP contribution in [0.25, 0.3) is 0 Å². The summed E-state index contributed by atoms with van der Waals surface area (Å²) in [5.41, 5.74) is 5.50. The number of hydrogen-bond donors (Lipinski definition) is 2. The van der Waals surface area contributed by atoms with Crippen LogP contribution in [0.2, 0.25) is 0 Å². The summed E-state index contributed by atoms with van der Waals surface area (Å²) >= 11 is 0. The van der Waals surface area contributed by atoms with Gasteiger partial charge in [-0.25, -0.2) is 0 Å². The van der Waals surface area contributed by atoms with Gasteiger partial charge < -0.3 is 11.1 Å². The number of nitrogens with two attached hydrogens (primary N) is 1. The van der Waals surface area contributed by atoms with Crippen LogP contribution in [0.3, 0.4) is 0 Å². The van der Waals surface area contributed by atoms with E-state index >= 15 is 0 Å². The van der Waals surface area contributed by atoms with Gasteiger partial charge in [0.15, 0.2) is 0 Å². The molecule has 0 aliphatic rings. The van der Waals surface area contributed by atoms with E-state index in [2.05, 4.69) is 5.32 Å². The highest BCUT2D eigenvalue weighted by Gasteiger charge is 1.93. The molecular formula is C7H16N2O. The van der Waals surface area contributed by atoms with Crippen molar-refractivity contribution in [1.29, 1.82) is 0 Å². The number of nitrogens with one attached hydrogen (secondary N) is 1. The average molecular weight is 144 g/mol. The van der Waals surface area contributed by atoms with Crippen molar-refractivity contribution >= 4 is 5.91 Å². The van der Waals surface area contributed by atoms with Crippen LogP contribution in [0, 0.1) is 0 Å². The van der Waals surface area contributed by atoms with Crippen molar-refractivity contribution in [3.63, 3.8) is 0 Å². The Morgan fingerprint density at radius 2 is 2.30 bits per heavy atom. The standard InChI is InChI=1S/C7H16N2O/c1-6(8)4-3-5-9-7(2)10/h6H,3-5,8H2,1-2H3,(H,9,10). The minimum atomic E-state index is 0.0321. The van der Waals surface area contributed by atoms with Crippen LogP contribution in [-0.2, 0) is 4.79 Å². The molecule has 0 aliphatic heterocycles. The molecular weight excluding hydrogens is 128 g/mol. The van der Waals surface area contributed by atoms with E-state index in [0.717, 1.165) is 19.4 Å². The molecule has 1 amide bonds. The second-order valence-electron chi connectivity index (χ2n) is 2.60. The molecule has 3 nitrogen and oxygen atoms in total. The summed E-state index contributed by atoms with van der Waals surface area (Å²) in [5.74, 6) is 0.0321. The molecule has 0 spiro atoms. The topological polar surface area (TPSA) is 55.1 Å². The molecule has 0 aromatic heterocycles. The molecule has 0 saturated heterocycles. The van der Waals surface area contributed by atoms with E-state index in [9.17, 15) is 4.79 Å². The van der Waals surface area contributed by atoms with Gasteiger partial charge in [-0.3, -0.25) is 4.79 Å². The van der Waals surface area contributed by atoms with E-state index in [1.54, 1.807) is 0 Å². The predicted molar refractivity (Wildman–Crippen MR) is 41.6 cm³/mol. The monoisotopic (exact) mass is 144 g/mol. The first-order valence-electron chi connectivity index (χ1n) is 3.63. The molecule has 0 saturated carbocycles. The Labute approximate surface area is 62.0 Å². The van der Waals surface area contributed by atoms with Crippen molar-refractivity contribution in [2.45, 2.75) is 32.7 Å². The van der Waals surface area contributed by atoms with Crippen molar-refractivity contribution in [3.05, 3.63) is 0 Å². The van der Waals surface area contributed by atoms with Gasteiger partial charge in [-0.15, -0.1) is 0 Å². The van der Waals surface area contributed by atoms with Gasteiger partial charge in [0.1, 0.15) is 0 Å². The minimum Gasteiger partial charge on any atom is -0.356 e. The summed E-state index contributed by atoms with van der Waals surface area (Å²) < 4.78 is 0. The van der Waals surface area contributed by atoms with Crippen LogP contribution in [0.15, 0.2) is 0 Å². The van der Waals surface area contributed by atoms with E-state index in [-0.39, 0.29) is 11.9 Å². The zero-order valence-electron chi connectivity index (χ0n) is 6.68. The Balaban J connectivity index is 2.98. The number of amides is 1. The lowest BCUT2D eigenvalue weighted by Crippen LogP contribution is -2.23. The van der Waals surface area contributed by atoms with E-state index in [1.165, 1.54) is 6.92 Å². The molecule has 0 fully saturated rings. The van der Waals surface area contributed by atoms with Gasteiger partial charge in [-0.2, -0.15) is 0 Å². The average Bonchev–Trinajstić information content (AvgIpc) is 1.79. The van der Waals surface area contributed by atoms with Gasteiger partial charge in [-0.05, 0) is 19.8 Å². The molecule has 0 heterocycles. The third kappa shape index (κ3) is 7.43. The number of hydrogen-bond acceptors (Lipinski definition) is 2. The van der Waals surface area contributed by atoms with Gasteiger partial charge in [0.25, 0.3) is 0 Å². The molecule has 0 aromatic rings. The molecule has 0 rings (SSSR count). The highest BCUT2D eigenvalue weighted by atomic mass is 16.1. The van der Waals surface area contributed by atoms with Gasteiger partial charge in [-0.1, -0.05) is 0 Å². The molecule has 10 heavy (non-hydrogen) atoms. The second-order valence-corrected chi connectivity index (χ2v) is 2.60. The molecule has 60 valence electrons. The van der Waals surface area contributed by atoms with Gasteiger partial charge >= 0.3 is 0 Å². The Kier molecular flexibility index (Phi) is 4.94. The van der Waals surface area contributed by atoms with E-state index in [4.69, 9.17) is 5.73 Å². The normalized spacial score (nSPS) is 12.7. The Morgan fingerprint density at radius 1 is 1.70 bits per heavy atom. The summed E-state index contributed by atoms with van der Waals surface area (Å²) in [7, 11) is 0. The van der Waals surface area contributed by atoms with Crippen molar-refractivity contribution < 1.29 is 4.79 Å². The summed E-state index contributed by atoms with van der Waals surface area (Å²) in [6.07, 6.45) is 1.94. The lowest BCUT2D eigenvalue weighted by Gasteiger charge is -2.04. The van der Waals surface area contributed by atoms with Crippen molar-refractivity contribution in [2.75, 3.05) is 6.54 Å². The minimum absolute atomic E-state index is 0.0321. The van der Waals surface area contributed by atoms with Gasteiger partial charge in [0.05, 0.1) is 0 Å². The molecule has 0 aromatic carbocycles. The molecule has 3 heteroatoms. The van der Waals surface area contributed by atoms with Gasteiger partial charge in [0.2, 0.25) is 5.91 Å². The molecule has 3 N–H and O–H groups in total. The van der Waals surface area contributed by atoms with Crippen LogP contribution in [0.1, 0.15) is 26.7 Å². The molecule has 1 unspecified atom stereocenters. The molecule has 1 atom stereocenters. The fourth-order valence-corrected chi connectivity index (χ4v) is 0.688. The van der Waals surface area contributed by atoms with Crippen LogP contribution in [0.4, 0.5) is 0 Å². The molecule has 0 bridgehead atoms. The quantitative estimate of drug-likeness (QED) is 0.556. The number of carbonyl (C=O) groups excluding carboxylic acids is 1. The Hall–Kier alpha value is -0.570. The molecule has 0 aliphatic carbocycles. The molecule has 0 radical (unpaired) electrons. The van der Waals surface area contributed by atoms with Crippen LogP contribution >= 0.6 is 0 Å². The van der Waals surface area contributed by atoms with Crippen molar-refractivity contribution in [2.24, 2.45) is 5.73 Å². The first-order chi connectivity index (χ1) is 4.63. The third-order valence-electron chi connectivity index (χ3n) is 1.21. The SMILES string of the molecule is CC(=O)NCCCC(C)N. The predicted octanol–water partition coefficient (Wildman–Crippen LogP) is 0.250. The zero-order valence-corrected chi connectivity index (χ0v) is 6.68. The smallest absolute Gasteiger partial charge is 0.216 e. The maximum Gasteiger partial charge on any atom is 0.216 e. The largest absolute Gasteiger partial charge is 0.356 e. The maximum absolute atomic E-state index is 10.3. The number of rotatable bonds is 4. The zero-order chi connectivity index (χ0) is 7.98. The van der Waals surface area contributed by atoms with Crippen LogP contribution < -0.4 is 11.1 Å². The fraction of sp³-hybridized carbons (Fsp3) is 0.857. The van der Waals surface area contributed by atoms with Gasteiger partial charge in [0, 0.05) is 19.5 Å². The van der Waals surface area contributed by atoms with Crippen LogP contribution in [0.5, 0.6) is 0 Å². The summed E-state index contributed by atoms with van der Waals surface area (Å²) in [6, 6.07) is 0.244. The number of carbonyl (C=O) groups is 1. The van der Waals surface area contributed by atoms with Crippen molar-refractivity contribution in [3.8, 4) is 0 Å². The summed E-state index contributed by atoms with van der Waals surface area (Å²) in [6.45, 7) is 4.23. The Morgan fingerprint density at radius 3 is 2.70 bits per heavy atom. The third-order valence-corrected chi connectivity index (χ3v) is 1.21. The lowest BCUT2D eigenvalue weighted by molar-refractivity contribution is -0.118. The summed E-state index contributed by atoms with van der Waals surface area (Å²) in [5, 5.41) is 2.71. The highest BCUT2D eigenvalue weighted by molar-refractivity contribution is 5.72. The van der Waals surface area contributed by atoms with E-state index in [1.807, 2.05) is 6.92 Å². The highest BCUT2D eigenvalue weighted by Crippen LogP contribution is 1.90. The van der Waals surface area contributed by atoms with Crippen LogP contribution in [-0.4, -0.2) is 18.5 Å². The first-order valence-corrected chi connectivity index (χ1v) is 3.63. The fourth-order valence-electron chi connectivity index (χ4n) is 0.688. The Bertz CT molecular complexity index is 102. The second kappa shape index (κ2) is 5.23. The van der Waals surface area contributed by atoms with E-state index < -0.39 is 0 Å². The van der Waals surface area contributed by atoms with Crippen molar-refractivity contribution in [1.82, 2.24) is 5.32 Å². The first kappa shape index (κ1) is 9.43. The summed E-state index contributed by atoms with van der Waals surface area (Å²) in [4.78, 5) is 10.3.